The third-order valence-electron chi connectivity index (χ3n) is 4.37. The van der Waals surface area contributed by atoms with Crippen LogP contribution in [0.1, 0.15) is 11.3 Å². The van der Waals surface area contributed by atoms with Crippen LogP contribution in [-0.4, -0.2) is 19.7 Å². The van der Waals surface area contributed by atoms with Gasteiger partial charge in [-0.3, -0.25) is 4.79 Å². The Labute approximate surface area is 159 Å². The fourth-order valence-electron chi connectivity index (χ4n) is 2.90. The molecule has 136 valence electrons. The number of aromatic nitrogens is 4. The second-order valence-electron chi connectivity index (χ2n) is 6.34. The van der Waals surface area contributed by atoms with Crippen LogP contribution in [-0.2, 0) is 12.8 Å². The van der Waals surface area contributed by atoms with Gasteiger partial charge in [-0.15, -0.1) is 10.2 Å². The first-order valence-corrected chi connectivity index (χ1v) is 9.41. The van der Waals surface area contributed by atoms with E-state index in [9.17, 15) is 9.18 Å². The van der Waals surface area contributed by atoms with E-state index in [4.69, 9.17) is 0 Å². The molecule has 0 aliphatic heterocycles. The summed E-state index contributed by atoms with van der Waals surface area (Å²) in [5.74, 6) is 0.798. The highest BCUT2D eigenvalue weighted by molar-refractivity contribution is 7.98. The average molecular weight is 380 g/mol. The van der Waals surface area contributed by atoms with Gasteiger partial charge in [-0.1, -0.05) is 47.7 Å². The lowest BCUT2D eigenvalue weighted by Gasteiger charge is -2.06. The molecule has 2 aromatic heterocycles. The van der Waals surface area contributed by atoms with E-state index in [1.807, 2.05) is 42.8 Å². The van der Waals surface area contributed by atoms with E-state index in [-0.39, 0.29) is 10.9 Å². The van der Waals surface area contributed by atoms with Crippen molar-refractivity contribution in [3.63, 3.8) is 0 Å². The Bertz CT molecular complexity index is 1180. The number of thioether (sulfide) groups is 1. The van der Waals surface area contributed by atoms with Gasteiger partial charge in [0.25, 0.3) is 0 Å². The first-order valence-electron chi connectivity index (χ1n) is 8.42. The van der Waals surface area contributed by atoms with Crippen LogP contribution in [0.5, 0.6) is 0 Å². The van der Waals surface area contributed by atoms with Crippen LogP contribution in [0, 0.1) is 12.7 Å². The molecule has 0 saturated carbocycles. The van der Waals surface area contributed by atoms with Crippen molar-refractivity contribution in [3.05, 3.63) is 75.8 Å². The number of nitrogens with one attached hydrogen (secondary N) is 1. The minimum atomic E-state index is -0.434. The highest BCUT2D eigenvalue weighted by Gasteiger charge is 2.12. The summed E-state index contributed by atoms with van der Waals surface area (Å²) in [5, 5.41) is 9.58. The van der Waals surface area contributed by atoms with E-state index in [0.717, 1.165) is 16.5 Å². The smallest absolute Gasteiger partial charge is 0.191 e. The minimum absolute atomic E-state index is 0.197. The lowest BCUT2D eigenvalue weighted by atomic mass is 10.1. The summed E-state index contributed by atoms with van der Waals surface area (Å²) in [6, 6.07) is 14.1. The van der Waals surface area contributed by atoms with Gasteiger partial charge in [-0.2, -0.15) is 0 Å². The summed E-state index contributed by atoms with van der Waals surface area (Å²) in [5.41, 5.74) is 2.85. The van der Waals surface area contributed by atoms with Gasteiger partial charge in [-0.05, 0) is 19.1 Å². The van der Waals surface area contributed by atoms with Crippen LogP contribution in [0.3, 0.4) is 0 Å². The Balaban J connectivity index is 1.59. The van der Waals surface area contributed by atoms with E-state index in [0.29, 0.717) is 16.8 Å². The number of hydrogen-bond acceptors (Lipinski definition) is 4. The Morgan fingerprint density at radius 1 is 1.15 bits per heavy atom. The molecule has 27 heavy (non-hydrogen) atoms. The predicted molar refractivity (Wildman–Crippen MR) is 105 cm³/mol. The van der Waals surface area contributed by atoms with Crippen LogP contribution >= 0.6 is 11.8 Å². The van der Waals surface area contributed by atoms with Crippen molar-refractivity contribution >= 4 is 22.7 Å². The number of nitrogens with zero attached hydrogens (tertiary/aromatic N) is 3. The van der Waals surface area contributed by atoms with Crippen molar-refractivity contribution in [2.75, 3.05) is 0 Å². The average Bonchev–Trinajstić information content (AvgIpc) is 3.02. The van der Waals surface area contributed by atoms with Crippen molar-refractivity contribution < 1.29 is 4.39 Å². The van der Waals surface area contributed by atoms with Gasteiger partial charge in [0.15, 0.2) is 16.4 Å². The molecular formula is C20H17FN4OS. The summed E-state index contributed by atoms with van der Waals surface area (Å²) >= 11 is 1.44. The number of H-pyrrole nitrogens is 1. The lowest BCUT2D eigenvalue weighted by molar-refractivity contribution is 0.636. The van der Waals surface area contributed by atoms with E-state index in [2.05, 4.69) is 15.2 Å². The third kappa shape index (κ3) is 3.38. The SMILES string of the molecule is Cc1ccc(-c2nnc(SCc3cc(=O)c4cccc(F)c4[nH]3)n2C)cc1. The molecule has 5 nitrogen and oxygen atoms in total. The van der Waals surface area contributed by atoms with Crippen LogP contribution in [0.2, 0.25) is 0 Å². The van der Waals surface area contributed by atoms with Crippen molar-refractivity contribution in [2.24, 2.45) is 7.05 Å². The Morgan fingerprint density at radius 2 is 1.93 bits per heavy atom. The maximum atomic E-state index is 14.0. The second-order valence-corrected chi connectivity index (χ2v) is 7.28. The number of pyridine rings is 1. The number of aryl methyl sites for hydroxylation is 1. The summed E-state index contributed by atoms with van der Waals surface area (Å²) in [4.78, 5) is 15.2. The van der Waals surface area contributed by atoms with Gasteiger partial charge in [0.2, 0.25) is 0 Å². The van der Waals surface area contributed by atoms with Crippen molar-refractivity contribution in [1.29, 1.82) is 0 Å². The molecule has 0 aliphatic carbocycles. The molecule has 1 N–H and O–H groups in total. The molecule has 0 saturated heterocycles. The first-order chi connectivity index (χ1) is 13.0. The summed E-state index contributed by atoms with van der Waals surface area (Å²) in [6.07, 6.45) is 0. The third-order valence-corrected chi connectivity index (χ3v) is 5.44. The molecule has 0 bridgehead atoms. The topological polar surface area (TPSA) is 63.6 Å². The van der Waals surface area contributed by atoms with Crippen LogP contribution in [0.15, 0.2) is 58.5 Å². The standard InChI is InChI=1S/C20H17FN4OS/c1-12-6-8-13(9-7-12)19-23-24-20(25(19)2)27-11-14-10-17(26)15-4-3-5-16(21)18(15)22-14/h3-10H,11H2,1-2H3,(H,22,26). The van der Waals surface area contributed by atoms with E-state index < -0.39 is 5.82 Å². The normalized spacial score (nSPS) is 11.2. The molecule has 4 aromatic rings. The molecule has 0 amide bonds. The number of aromatic amines is 1. The zero-order valence-electron chi connectivity index (χ0n) is 14.9. The van der Waals surface area contributed by atoms with Gasteiger partial charge in [-0.25, -0.2) is 4.39 Å². The second kappa shape index (κ2) is 7.00. The fourth-order valence-corrected chi connectivity index (χ4v) is 3.72. The molecule has 2 heterocycles. The zero-order chi connectivity index (χ0) is 19.0. The van der Waals surface area contributed by atoms with Gasteiger partial charge in [0.1, 0.15) is 5.82 Å². The summed E-state index contributed by atoms with van der Waals surface area (Å²) in [6.45, 7) is 2.04. The van der Waals surface area contributed by atoms with E-state index in [1.54, 1.807) is 6.07 Å². The quantitative estimate of drug-likeness (QED) is 0.542. The van der Waals surface area contributed by atoms with Crippen LogP contribution < -0.4 is 5.43 Å². The van der Waals surface area contributed by atoms with Gasteiger partial charge in [0.05, 0.1) is 5.52 Å². The molecule has 4 rings (SSSR count). The maximum absolute atomic E-state index is 14.0. The number of halogens is 1. The summed E-state index contributed by atoms with van der Waals surface area (Å²) < 4.78 is 15.9. The fraction of sp³-hybridized carbons (Fsp3) is 0.150. The molecule has 0 unspecified atom stereocenters. The predicted octanol–water partition coefficient (Wildman–Crippen LogP) is 4.06. The molecule has 0 spiro atoms. The molecule has 0 fully saturated rings. The number of para-hydroxylation sites is 1. The van der Waals surface area contributed by atoms with Gasteiger partial charge < -0.3 is 9.55 Å². The number of hydrogen-bond donors (Lipinski definition) is 1. The Morgan fingerprint density at radius 3 is 2.70 bits per heavy atom. The Kier molecular flexibility index (Phi) is 4.53. The summed E-state index contributed by atoms with van der Waals surface area (Å²) in [7, 11) is 1.90. The largest absolute Gasteiger partial charge is 0.355 e. The maximum Gasteiger partial charge on any atom is 0.191 e. The number of benzene rings is 2. The van der Waals surface area contributed by atoms with Gasteiger partial charge in [0, 0.05) is 35.5 Å². The monoisotopic (exact) mass is 380 g/mol. The van der Waals surface area contributed by atoms with Crippen molar-refractivity contribution in [3.8, 4) is 11.4 Å². The molecular weight excluding hydrogens is 363 g/mol. The molecule has 0 radical (unpaired) electrons. The molecule has 0 aliphatic rings. The number of fused-ring (bicyclic) bond motifs is 1. The van der Waals surface area contributed by atoms with Crippen LogP contribution in [0.25, 0.3) is 22.3 Å². The highest BCUT2D eigenvalue weighted by Crippen LogP contribution is 2.25. The minimum Gasteiger partial charge on any atom is -0.355 e. The first kappa shape index (κ1) is 17.5. The molecule has 2 aromatic carbocycles. The Hall–Kier alpha value is -2.93. The zero-order valence-corrected chi connectivity index (χ0v) is 15.7. The van der Waals surface area contributed by atoms with Crippen LogP contribution in [0.4, 0.5) is 4.39 Å². The molecule has 0 atom stereocenters. The van der Waals surface area contributed by atoms with Gasteiger partial charge >= 0.3 is 0 Å². The van der Waals surface area contributed by atoms with E-state index in [1.165, 1.54) is 35.5 Å². The lowest BCUT2D eigenvalue weighted by Crippen LogP contribution is -2.06. The number of rotatable bonds is 4. The molecule has 7 heteroatoms. The van der Waals surface area contributed by atoms with E-state index >= 15 is 0 Å². The highest BCUT2D eigenvalue weighted by atomic mass is 32.2. The van der Waals surface area contributed by atoms with Crippen molar-refractivity contribution in [1.82, 2.24) is 19.7 Å². The van der Waals surface area contributed by atoms with Crippen molar-refractivity contribution in [2.45, 2.75) is 17.8 Å².